The van der Waals surface area contributed by atoms with E-state index >= 15 is 0 Å². The predicted octanol–water partition coefficient (Wildman–Crippen LogP) is 3.83. The topological polar surface area (TPSA) is 58.7 Å². The number of carbonyl (C=O) groups excluding carboxylic acids is 1. The van der Waals surface area contributed by atoms with Crippen molar-refractivity contribution in [1.29, 1.82) is 0 Å². The smallest absolute Gasteiger partial charge is 0.254 e. The average Bonchev–Trinajstić information content (AvgIpc) is 3.23. The summed E-state index contributed by atoms with van der Waals surface area (Å²) in [6.07, 6.45) is 1.46. The highest BCUT2D eigenvalue weighted by Crippen LogP contribution is 2.39. The van der Waals surface area contributed by atoms with Crippen LogP contribution < -0.4 is 5.43 Å². The third-order valence-electron chi connectivity index (χ3n) is 6.44. The van der Waals surface area contributed by atoms with Crippen molar-refractivity contribution in [2.24, 2.45) is 0 Å². The number of rotatable bonds is 5. The normalized spacial score (nSPS) is 14.0. The van der Waals surface area contributed by atoms with Gasteiger partial charge in [0, 0.05) is 49.2 Å². The fourth-order valence-corrected chi connectivity index (χ4v) is 4.78. The van der Waals surface area contributed by atoms with Crippen molar-refractivity contribution in [3.05, 3.63) is 57.9 Å². The standard InChI is InChI=1S/C24H25N3O3/c1-4-26(5-2)11-12-27-18-8-6-15-17(14-25(3)24(15)29)21(18)22-19(27)9-7-16-20(28)10-13-30-23(16)22/h6-10,13H,4-5,11-12,14H2,1-3H3. The molecule has 1 aliphatic rings. The molecule has 0 saturated carbocycles. The number of likely N-dealkylation sites (N-methyl/N-ethyl adjacent to an activating group) is 1. The Labute approximate surface area is 174 Å². The molecule has 6 heteroatoms. The molecule has 0 bridgehead atoms. The second-order valence-electron chi connectivity index (χ2n) is 7.95. The van der Waals surface area contributed by atoms with Crippen LogP contribution in [0, 0.1) is 0 Å². The van der Waals surface area contributed by atoms with Crippen LogP contribution in [0.2, 0.25) is 0 Å². The summed E-state index contributed by atoms with van der Waals surface area (Å²) in [4.78, 5) is 29.2. The molecule has 0 unspecified atom stereocenters. The van der Waals surface area contributed by atoms with Crippen molar-refractivity contribution < 1.29 is 9.21 Å². The summed E-state index contributed by atoms with van der Waals surface area (Å²) >= 11 is 0. The third kappa shape index (κ3) is 2.60. The van der Waals surface area contributed by atoms with Gasteiger partial charge in [-0.15, -0.1) is 0 Å². The Morgan fingerprint density at radius 3 is 2.50 bits per heavy atom. The zero-order valence-corrected chi connectivity index (χ0v) is 17.6. The predicted molar refractivity (Wildman–Crippen MR) is 119 cm³/mol. The van der Waals surface area contributed by atoms with Gasteiger partial charge in [-0.05, 0) is 42.9 Å². The lowest BCUT2D eigenvalue weighted by molar-refractivity contribution is 0.0816. The Hall–Kier alpha value is -3.12. The van der Waals surface area contributed by atoms with Crippen molar-refractivity contribution in [3.8, 4) is 0 Å². The number of hydrogen-bond donors (Lipinski definition) is 0. The van der Waals surface area contributed by atoms with Gasteiger partial charge in [0.25, 0.3) is 5.91 Å². The van der Waals surface area contributed by atoms with E-state index in [-0.39, 0.29) is 11.3 Å². The molecule has 5 rings (SSSR count). The summed E-state index contributed by atoms with van der Waals surface area (Å²) in [5, 5.41) is 2.53. The van der Waals surface area contributed by atoms with Gasteiger partial charge in [0.1, 0.15) is 5.58 Å². The Balaban J connectivity index is 1.87. The molecule has 0 spiro atoms. The second kappa shape index (κ2) is 6.99. The Bertz CT molecular complexity index is 1360. The maximum atomic E-state index is 12.6. The van der Waals surface area contributed by atoms with Gasteiger partial charge in [0.2, 0.25) is 0 Å². The molecule has 2 aromatic heterocycles. The summed E-state index contributed by atoms with van der Waals surface area (Å²) in [5.74, 6) is 0.0395. The monoisotopic (exact) mass is 403 g/mol. The summed E-state index contributed by atoms with van der Waals surface area (Å²) < 4.78 is 8.19. The minimum absolute atomic E-state index is 0.0395. The van der Waals surface area contributed by atoms with Gasteiger partial charge < -0.3 is 18.8 Å². The Morgan fingerprint density at radius 2 is 1.73 bits per heavy atom. The van der Waals surface area contributed by atoms with Gasteiger partial charge in [0.15, 0.2) is 5.43 Å². The first-order valence-electron chi connectivity index (χ1n) is 10.5. The van der Waals surface area contributed by atoms with Crippen molar-refractivity contribution in [1.82, 2.24) is 14.4 Å². The summed E-state index contributed by atoms with van der Waals surface area (Å²) in [6, 6.07) is 9.31. The van der Waals surface area contributed by atoms with E-state index in [1.807, 2.05) is 31.3 Å². The Morgan fingerprint density at radius 1 is 1.00 bits per heavy atom. The van der Waals surface area contributed by atoms with E-state index in [0.29, 0.717) is 17.5 Å². The molecule has 1 aliphatic heterocycles. The van der Waals surface area contributed by atoms with E-state index in [2.05, 4.69) is 23.3 Å². The minimum Gasteiger partial charge on any atom is -0.463 e. The fraction of sp³-hybridized carbons (Fsp3) is 0.333. The lowest BCUT2D eigenvalue weighted by Gasteiger charge is -2.19. The van der Waals surface area contributed by atoms with Crippen LogP contribution in [-0.2, 0) is 13.1 Å². The van der Waals surface area contributed by atoms with Gasteiger partial charge in [-0.3, -0.25) is 9.59 Å². The molecule has 0 fully saturated rings. The van der Waals surface area contributed by atoms with Crippen LogP contribution in [-0.4, -0.2) is 47.0 Å². The van der Waals surface area contributed by atoms with Crippen molar-refractivity contribution in [3.63, 3.8) is 0 Å². The largest absolute Gasteiger partial charge is 0.463 e. The first-order chi connectivity index (χ1) is 14.5. The van der Waals surface area contributed by atoms with Crippen molar-refractivity contribution in [2.45, 2.75) is 26.9 Å². The number of aromatic nitrogens is 1. The van der Waals surface area contributed by atoms with E-state index in [9.17, 15) is 9.59 Å². The molecule has 0 atom stereocenters. The van der Waals surface area contributed by atoms with Gasteiger partial charge in [0.05, 0.1) is 22.6 Å². The number of benzene rings is 2. The van der Waals surface area contributed by atoms with Gasteiger partial charge in [-0.2, -0.15) is 0 Å². The van der Waals surface area contributed by atoms with Gasteiger partial charge in [-0.1, -0.05) is 13.8 Å². The second-order valence-corrected chi connectivity index (χ2v) is 7.95. The van der Waals surface area contributed by atoms with E-state index in [1.54, 1.807) is 4.90 Å². The number of hydrogen-bond acceptors (Lipinski definition) is 4. The molecule has 154 valence electrons. The van der Waals surface area contributed by atoms with Crippen molar-refractivity contribution >= 4 is 38.7 Å². The lowest BCUT2D eigenvalue weighted by atomic mass is 10.0. The van der Waals surface area contributed by atoms with Crippen molar-refractivity contribution in [2.75, 3.05) is 26.7 Å². The van der Waals surface area contributed by atoms with E-state index in [4.69, 9.17) is 4.42 Å². The molecule has 2 aromatic carbocycles. The lowest BCUT2D eigenvalue weighted by Crippen LogP contribution is -2.26. The van der Waals surface area contributed by atoms with Crippen LogP contribution in [0.4, 0.5) is 0 Å². The molecular formula is C24H25N3O3. The van der Waals surface area contributed by atoms with Crippen LogP contribution in [0.1, 0.15) is 29.8 Å². The molecule has 0 N–H and O–H groups in total. The molecule has 30 heavy (non-hydrogen) atoms. The summed E-state index contributed by atoms with van der Waals surface area (Å²) in [5.41, 5.74) is 4.42. The van der Waals surface area contributed by atoms with Crippen LogP contribution in [0.5, 0.6) is 0 Å². The molecule has 1 amide bonds. The molecule has 3 heterocycles. The quantitative estimate of drug-likeness (QED) is 0.508. The van der Waals surface area contributed by atoms with E-state index in [1.165, 1.54) is 12.3 Å². The zero-order chi connectivity index (χ0) is 21.0. The average molecular weight is 403 g/mol. The SMILES string of the molecule is CCN(CC)CCn1c2ccc3c(c2c2c4occc(=O)c4ccc21)CN(C)C3=O. The first-order valence-corrected chi connectivity index (χ1v) is 10.5. The molecular weight excluding hydrogens is 378 g/mol. The highest BCUT2D eigenvalue weighted by molar-refractivity contribution is 6.21. The zero-order valence-electron chi connectivity index (χ0n) is 17.6. The molecule has 0 aliphatic carbocycles. The molecule has 0 radical (unpaired) electrons. The third-order valence-corrected chi connectivity index (χ3v) is 6.44. The minimum atomic E-state index is -0.0528. The van der Waals surface area contributed by atoms with E-state index in [0.717, 1.165) is 59.1 Å². The van der Waals surface area contributed by atoms with Crippen LogP contribution >= 0.6 is 0 Å². The molecule has 4 aromatic rings. The highest BCUT2D eigenvalue weighted by Gasteiger charge is 2.29. The number of carbonyl (C=O) groups is 1. The van der Waals surface area contributed by atoms with Crippen LogP contribution in [0.25, 0.3) is 32.8 Å². The Kier molecular flexibility index (Phi) is 4.40. The molecule has 6 nitrogen and oxygen atoms in total. The number of fused-ring (bicyclic) bond motifs is 7. The number of nitrogens with zero attached hydrogens (tertiary/aromatic N) is 3. The van der Waals surface area contributed by atoms with Gasteiger partial charge in [-0.25, -0.2) is 0 Å². The highest BCUT2D eigenvalue weighted by atomic mass is 16.3. The maximum absolute atomic E-state index is 12.6. The summed E-state index contributed by atoms with van der Waals surface area (Å²) in [6.45, 7) is 8.66. The maximum Gasteiger partial charge on any atom is 0.254 e. The van der Waals surface area contributed by atoms with Gasteiger partial charge >= 0.3 is 0 Å². The summed E-state index contributed by atoms with van der Waals surface area (Å²) in [7, 11) is 1.83. The van der Waals surface area contributed by atoms with E-state index < -0.39 is 0 Å². The van der Waals surface area contributed by atoms with Crippen LogP contribution in [0.3, 0.4) is 0 Å². The van der Waals surface area contributed by atoms with Crippen LogP contribution in [0.15, 0.2) is 45.8 Å². The first kappa shape index (κ1) is 18.9. The fourth-order valence-electron chi connectivity index (χ4n) is 4.78. The number of amides is 1. The molecule has 0 saturated heterocycles.